The van der Waals surface area contributed by atoms with Crippen molar-refractivity contribution in [1.82, 2.24) is 4.98 Å². The number of nitro benzene ring substituents is 1. The number of hydrogen-bond acceptors (Lipinski definition) is 5. The van der Waals surface area contributed by atoms with Gasteiger partial charge in [0.25, 0.3) is 5.69 Å². The number of carbonyl (C=O) groups is 1. The van der Waals surface area contributed by atoms with E-state index in [9.17, 15) is 14.9 Å². The fourth-order valence-corrected chi connectivity index (χ4v) is 2.57. The fourth-order valence-electron chi connectivity index (χ4n) is 2.57. The van der Waals surface area contributed by atoms with Crippen LogP contribution in [0.15, 0.2) is 85.1 Å². The van der Waals surface area contributed by atoms with Crippen LogP contribution in [0.5, 0.6) is 0 Å². The lowest BCUT2D eigenvalue weighted by atomic mass is 10.1. The van der Waals surface area contributed by atoms with Gasteiger partial charge in [-0.1, -0.05) is 48.5 Å². The third kappa shape index (κ3) is 4.64. The summed E-state index contributed by atoms with van der Waals surface area (Å²) in [4.78, 5) is 27.2. The van der Waals surface area contributed by atoms with Gasteiger partial charge in [-0.15, -0.1) is 0 Å². The SMILES string of the molecule is O=C(/C=C/c1ccccc1[N+](=O)[O-])OC(c1ccccc1)c1ccccn1. The lowest BCUT2D eigenvalue weighted by Crippen LogP contribution is -2.12. The summed E-state index contributed by atoms with van der Waals surface area (Å²) in [6.07, 6.45) is 3.51. The zero-order valence-corrected chi connectivity index (χ0v) is 14.3. The summed E-state index contributed by atoms with van der Waals surface area (Å²) < 4.78 is 5.59. The van der Waals surface area contributed by atoms with Crippen LogP contribution >= 0.6 is 0 Å². The Labute approximate surface area is 155 Å². The summed E-state index contributed by atoms with van der Waals surface area (Å²) in [6, 6.07) is 20.8. The summed E-state index contributed by atoms with van der Waals surface area (Å²) in [5.74, 6) is -0.618. The molecular weight excluding hydrogens is 344 g/mol. The molecule has 0 spiro atoms. The van der Waals surface area contributed by atoms with Crippen molar-refractivity contribution in [2.45, 2.75) is 6.10 Å². The number of pyridine rings is 1. The van der Waals surface area contributed by atoms with Crippen LogP contribution in [-0.4, -0.2) is 15.9 Å². The molecule has 2 aromatic carbocycles. The topological polar surface area (TPSA) is 82.3 Å². The molecule has 0 N–H and O–H groups in total. The number of hydrogen-bond donors (Lipinski definition) is 0. The molecule has 3 aromatic rings. The highest BCUT2D eigenvalue weighted by Crippen LogP contribution is 2.25. The van der Waals surface area contributed by atoms with Gasteiger partial charge in [0.05, 0.1) is 16.2 Å². The zero-order chi connectivity index (χ0) is 19.1. The standard InChI is InChI=1S/C21H16N2O4/c24-20(14-13-16-8-4-5-12-19(16)23(25)26)27-21(17-9-2-1-3-10-17)18-11-6-7-15-22-18/h1-15,21H/b14-13+. The van der Waals surface area contributed by atoms with Crippen LogP contribution in [0.2, 0.25) is 0 Å². The molecule has 134 valence electrons. The highest BCUT2D eigenvalue weighted by molar-refractivity contribution is 5.88. The van der Waals surface area contributed by atoms with E-state index in [1.165, 1.54) is 18.2 Å². The van der Waals surface area contributed by atoms with Crippen LogP contribution in [0.4, 0.5) is 5.69 Å². The van der Waals surface area contributed by atoms with Crippen LogP contribution in [-0.2, 0) is 9.53 Å². The van der Waals surface area contributed by atoms with Gasteiger partial charge in [0.2, 0.25) is 0 Å². The van der Waals surface area contributed by atoms with Crippen LogP contribution in [0, 0.1) is 10.1 Å². The van der Waals surface area contributed by atoms with E-state index in [0.29, 0.717) is 11.3 Å². The number of aromatic nitrogens is 1. The van der Waals surface area contributed by atoms with Gasteiger partial charge in [-0.3, -0.25) is 15.1 Å². The molecular formula is C21H16N2O4. The molecule has 0 aliphatic heterocycles. The number of esters is 1. The van der Waals surface area contributed by atoms with Gasteiger partial charge >= 0.3 is 5.97 Å². The van der Waals surface area contributed by atoms with Crippen molar-refractivity contribution >= 4 is 17.7 Å². The molecule has 1 unspecified atom stereocenters. The molecule has 6 nitrogen and oxygen atoms in total. The molecule has 0 radical (unpaired) electrons. The third-order valence-electron chi connectivity index (χ3n) is 3.83. The lowest BCUT2D eigenvalue weighted by Gasteiger charge is -2.16. The van der Waals surface area contributed by atoms with E-state index in [-0.39, 0.29) is 5.69 Å². The smallest absolute Gasteiger partial charge is 0.331 e. The highest BCUT2D eigenvalue weighted by Gasteiger charge is 2.19. The molecule has 0 fully saturated rings. The van der Waals surface area contributed by atoms with Crippen LogP contribution < -0.4 is 0 Å². The number of carbonyl (C=O) groups excluding carboxylic acids is 1. The van der Waals surface area contributed by atoms with Crippen LogP contribution in [0.3, 0.4) is 0 Å². The second-order valence-corrected chi connectivity index (χ2v) is 5.63. The molecule has 0 amide bonds. The molecule has 0 aliphatic rings. The largest absolute Gasteiger partial charge is 0.448 e. The molecule has 1 atom stereocenters. The molecule has 6 heteroatoms. The van der Waals surface area contributed by atoms with E-state index < -0.39 is 17.0 Å². The van der Waals surface area contributed by atoms with E-state index in [1.54, 1.807) is 36.5 Å². The molecule has 3 rings (SSSR count). The van der Waals surface area contributed by atoms with E-state index in [2.05, 4.69) is 4.98 Å². The summed E-state index contributed by atoms with van der Waals surface area (Å²) in [6.45, 7) is 0. The van der Waals surface area contributed by atoms with Crippen molar-refractivity contribution in [2.75, 3.05) is 0 Å². The monoisotopic (exact) mass is 360 g/mol. The van der Waals surface area contributed by atoms with E-state index in [1.807, 2.05) is 36.4 Å². The van der Waals surface area contributed by atoms with Crippen molar-refractivity contribution < 1.29 is 14.5 Å². The van der Waals surface area contributed by atoms with E-state index in [0.717, 1.165) is 5.56 Å². The average Bonchev–Trinajstić information content (AvgIpc) is 2.72. The Hall–Kier alpha value is -3.80. The third-order valence-corrected chi connectivity index (χ3v) is 3.83. The quantitative estimate of drug-likeness (QED) is 0.283. The van der Waals surface area contributed by atoms with Crippen molar-refractivity contribution in [3.63, 3.8) is 0 Å². The summed E-state index contributed by atoms with van der Waals surface area (Å²) in [7, 11) is 0. The normalized spacial score (nSPS) is 11.9. The molecule has 1 heterocycles. The molecule has 0 bridgehead atoms. The Kier molecular flexibility index (Phi) is 5.69. The van der Waals surface area contributed by atoms with Gasteiger partial charge < -0.3 is 4.74 Å². The summed E-state index contributed by atoms with van der Waals surface area (Å²) in [5.41, 5.74) is 1.62. The van der Waals surface area contributed by atoms with Gasteiger partial charge in [0.1, 0.15) is 0 Å². The first-order valence-electron chi connectivity index (χ1n) is 8.23. The second-order valence-electron chi connectivity index (χ2n) is 5.63. The Balaban J connectivity index is 1.83. The van der Waals surface area contributed by atoms with Crippen LogP contribution in [0.1, 0.15) is 22.9 Å². The number of benzene rings is 2. The predicted octanol–water partition coefficient (Wildman–Crippen LogP) is 4.34. The number of nitrogens with zero attached hydrogens (tertiary/aromatic N) is 2. The van der Waals surface area contributed by atoms with Crippen molar-refractivity contribution in [1.29, 1.82) is 0 Å². The molecule has 27 heavy (non-hydrogen) atoms. The minimum Gasteiger partial charge on any atom is -0.448 e. The number of nitro groups is 1. The first-order valence-corrected chi connectivity index (χ1v) is 8.23. The van der Waals surface area contributed by atoms with E-state index in [4.69, 9.17) is 4.74 Å². The van der Waals surface area contributed by atoms with Crippen LogP contribution in [0.25, 0.3) is 6.08 Å². The fraction of sp³-hybridized carbons (Fsp3) is 0.0476. The number of ether oxygens (including phenoxy) is 1. The van der Waals surface area contributed by atoms with E-state index >= 15 is 0 Å². The van der Waals surface area contributed by atoms with Crippen molar-refractivity contribution in [2.24, 2.45) is 0 Å². The molecule has 0 saturated heterocycles. The maximum atomic E-state index is 12.3. The predicted molar refractivity (Wildman–Crippen MR) is 101 cm³/mol. The lowest BCUT2D eigenvalue weighted by molar-refractivity contribution is -0.385. The Bertz CT molecular complexity index is 917. The first kappa shape index (κ1) is 18.0. The molecule has 0 saturated carbocycles. The zero-order valence-electron chi connectivity index (χ0n) is 14.3. The summed E-state index contributed by atoms with van der Waals surface area (Å²) in [5, 5.41) is 11.1. The summed E-state index contributed by atoms with van der Waals surface area (Å²) >= 11 is 0. The molecule has 1 aromatic heterocycles. The molecule has 0 aliphatic carbocycles. The maximum absolute atomic E-state index is 12.3. The minimum atomic E-state index is -0.671. The number of para-hydroxylation sites is 1. The van der Waals surface area contributed by atoms with Gasteiger partial charge in [0.15, 0.2) is 6.10 Å². The van der Waals surface area contributed by atoms with Gasteiger partial charge in [-0.2, -0.15) is 0 Å². The van der Waals surface area contributed by atoms with Gasteiger partial charge in [0, 0.05) is 18.3 Å². The highest BCUT2D eigenvalue weighted by atomic mass is 16.6. The van der Waals surface area contributed by atoms with Gasteiger partial charge in [-0.25, -0.2) is 4.79 Å². The maximum Gasteiger partial charge on any atom is 0.331 e. The first-order chi connectivity index (χ1) is 13.1. The van der Waals surface area contributed by atoms with Crippen molar-refractivity contribution in [3.05, 3.63) is 112 Å². The second kappa shape index (κ2) is 8.53. The Morgan fingerprint density at radius 3 is 2.41 bits per heavy atom. The average molecular weight is 360 g/mol. The Morgan fingerprint density at radius 1 is 1.00 bits per heavy atom. The Morgan fingerprint density at radius 2 is 1.70 bits per heavy atom. The minimum absolute atomic E-state index is 0.0779. The van der Waals surface area contributed by atoms with Gasteiger partial charge in [-0.05, 0) is 29.8 Å². The number of rotatable bonds is 6. The van der Waals surface area contributed by atoms with Crippen molar-refractivity contribution in [3.8, 4) is 0 Å².